The van der Waals surface area contributed by atoms with E-state index in [-0.39, 0.29) is 22.6 Å². The highest BCUT2D eigenvalue weighted by Gasteiger charge is 2.30. The molecule has 0 radical (unpaired) electrons. The number of benzene rings is 1. The summed E-state index contributed by atoms with van der Waals surface area (Å²) < 4.78 is 26.4. The zero-order valence-electron chi connectivity index (χ0n) is 16.8. The van der Waals surface area contributed by atoms with E-state index in [0.29, 0.717) is 32.7 Å². The SMILES string of the molecule is CCNS(=O)(=O)c1ccc(/C=C/C(=O)N2CCN(C(=O)C3CCCC3)CC2)cc1. The van der Waals surface area contributed by atoms with Gasteiger partial charge in [-0.25, -0.2) is 13.1 Å². The Labute approximate surface area is 172 Å². The lowest BCUT2D eigenvalue weighted by atomic mass is 10.1. The van der Waals surface area contributed by atoms with Gasteiger partial charge in [-0.1, -0.05) is 31.9 Å². The molecular weight excluding hydrogens is 390 g/mol. The number of carbonyl (C=O) groups excluding carboxylic acids is 2. The lowest BCUT2D eigenvalue weighted by Crippen LogP contribution is -2.51. The molecule has 7 nitrogen and oxygen atoms in total. The van der Waals surface area contributed by atoms with E-state index in [2.05, 4.69) is 4.72 Å². The molecule has 1 aromatic carbocycles. The van der Waals surface area contributed by atoms with Crippen LogP contribution in [0.4, 0.5) is 0 Å². The number of piperazine rings is 1. The molecule has 29 heavy (non-hydrogen) atoms. The summed E-state index contributed by atoms with van der Waals surface area (Å²) in [6.07, 6.45) is 7.46. The number of nitrogens with zero attached hydrogens (tertiary/aromatic N) is 2. The predicted molar refractivity (Wildman–Crippen MR) is 111 cm³/mol. The van der Waals surface area contributed by atoms with Gasteiger partial charge in [-0.2, -0.15) is 0 Å². The van der Waals surface area contributed by atoms with Gasteiger partial charge >= 0.3 is 0 Å². The van der Waals surface area contributed by atoms with Crippen molar-refractivity contribution in [1.29, 1.82) is 0 Å². The van der Waals surface area contributed by atoms with Gasteiger partial charge in [0.25, 0.3) is 0 Å². The third kappa shape index (κ3) is 5.45. The highest BCUT2D eigenvalue weighted by atomic mass is 32.2. The lowest BCUT2D eigenvalue weighted by molar-refractivity contribution is -0.140. The molecule has 1 heterocycles. The fourth-order valence-corrected chi connectivity index (χ4v) is 4.92. The van der Waals surface area contributed by atoms with Crippen LogP contribution in [0.1, 0.15) is 38.2 Å². The first-order valence-corrected chi connectivity index (χ1v) is 11.7. The van der Waals surface area contributed by atoms with Crippen molar-refractivity contribution >= 4 is 27.9 Å². The zero-order valence-corrected chi connectivity index (χ0v) is 17.7. The molecule has 8 heteroatoms. The zero-order chi connectivity index (χ0) is 20.9. The van der Waals surface area contributed by atoms with Gasteiger partial charge in [0, 0.05) is 44.7 Å². The van der Waals surface area contributed by atoms with Crippen LogP contribution in [0.15, 0.2) is 35.2 Å². The summed E-state index contributed by atoms with van der Waals surface area (Å²) in [6.45, 7) is 4.32. The van der Waals surface area contributed by atoms with Gasteiger partial charge in [-0.3, -0.25) is 9.59 Å². The van der Waals surface area contributed by atoms with Crippen LogP contribution in [0.2, 0.25) is 0 Å². The van der Waals surface area contributed by atoms with Crippen molar-refractivity contribution in [2.45, 2.75) is 37.5 Å². The second-order valence-electron chi connectivity index (χ2n) is 7.54. The minimum absolute atomic E-state index is 0.0951. The first-order chi connectivity index (χ1) is 13.9. The Hall–Kier alpha value is -2.19. The van der Waals surface area contributed by atoms with Crippen LogP contribution in [0.3, 0.4) is 0 Å². The smallest absolute Gasteiger partial charge is 0.246 e. The standard InChI is InChI=1S/C21H29N3O4S/c1-2-22-29(27,28)19-10-7-17(8-11-19)9-12-20(25)23-13-15-24(16-14-23)21(26)18-5-3-4-6-18/h7-12,18,22H,2-6,13-16H2,1H3/b12-9+. The number of amides is 2. The summed E-state index contributed by atoms with van der Waals surface area (Å²) in [5.41, 5.74) is 0.754. The van der Waals surface area contributed by atoms with Crippen molar-refractivity contribution in [3.63, 3.8) is 0 Å². The lowest BCUT2D eigenvalue weighted by Gasteiger charge is -2.35. The van der Waals surface area contributed by atoms with E-state index in [1.165, 1.54) is 18.2 Å². The van der Waals surface area contributed by atoms with Crippen LogP contribution in [0, 0.1) is 5.92 Å². The van der Waals surface area contributed by atoms with Crippen molar-refractivity contribution in [1.82, 2.24) is 14.5 Å². The number of carbonyl (C=O) groups is 2. The second-order valence-corrected chi connectivity index (χ2v) is 9.30. The Balaban J connectivity index is 1.51. The van der Waals surface area contributed by atoms with E-state index < -0.39 is 10.0 Å². The quantitative estimate of drug-likeness (QED) is 0.713. The average molecular weight is 420 g/mol. The highest BCUT2D eigenvalue weighted by molar-refractivity contribution is 7.89. The maximum Gasteiger partial charge on any atom is 0.246 e. The molecular formula is C21H29N3O4S. The molecule has 0 unspecified atom stereocenters. The topological polar surface area (TPSA) is 86.8 Å². The molecule has 1 aliphatic heterocycles. The van der Waals surface area contributed by atoms with Gasteiger partial charge in [0.1, 0.15) is 0 Å². The van der Waals surface area contributed by atoms with Crippen molar-refractivity contribution in [2.24, 2.45) is 5.92 Å². The maximum absolute atomic E-state index is 12.5. The minimum atomic E-state index is -3.48. The molecule has 1 N–H and O–H groups in total. The summed E-state index contributed by atoms with van der Waals surface area (Å²) in [7, 11) is -3.48. The summed E-state index contributed by atoms with van der Waals surface area (Å²) in [5.74, 6) is 0.330. The van der Waals surface area contributed by atoms with Gasteiger partial charge < -0.3 is 9.80 Å². The minimum Gasteiger partial charge on any atom is -0.339 e. The molecule has 0 bridgehead atoms. The number of sulfonamides is 1. The van der Waals surface area contributed by atoms with Gasteiger partial charge in [-0.15, -0.1) is 0 Å². The number of nitrogens with one attached hydrogen (secondary N) is 1. The fraction of sp³-hybridized carbons (Fsp3) is 0.524. The first kappa shape index (κ1) is 21.5. The Kier molecular flexibility index (Phi) is 7.08. The number of hydrogen-bond donors (Lipinski definition) is 1. The molecule has 3 rings (SSSR count). The third-order valence-corrected chi connectivity index (χ3v) is 7.11. The molecule has 1 saturated carbocycles. The van der Waals surface area contributed by atoms with Crippen LogP contribution >= 0.6 is 0 Å². The third-order valence-electron chi connectivity index (χ3n) is 5.55. The summed E-state index contributed by atoms with van der Waals surface area (Å²) >= 11 is 0. The Morgan fingerprint density at radius 2 is 1.62 bits per heavy atom. The Bertz CT molecular complexity index is 850. The largest absolute Gasteiger partial charge is 0.339 e. The second kappa shape index (κ2) is 9.54. The van der Waals surface area contributed by atoms with Gasteiger partial charge in [-0.05, 0) is 36.6 Å². The first-order valence-electron chi connectivity index (χ1n) is 10.3. The summed E-state index contributed by atoms with van der Waals surface area (Å²) in [5, 5.41) is 0. The molecule has 0 aromatic heterocycles. The van der Waals surface area contributed by atoms with Crippen molar-refractivity contribution in [3.8, 4) is 0 Å². The molecule has 1 aromatic rings. The van der Waals surface area contributed by atoms with Crippen LogP contribution in [-0.2, 0) is 19.6 Å². The maximum atomic E-state index is 12.5. The number of hydrogen-bond acceptors (Lipinski definition) is 4. The Morgan fingerprint density at radius 1 is 1.03 bits per heavy atom. The monoisotopic (exact) mass is 419 g/mol. The van der Waals surface area contributed by atoms with E-state index in [1.807, 2.05) is 4.90 Å². The Morgan fingerprint density at radius 3 is 2.21 bits per heavy atom. The van der Waals surface area contributed by atoms with Crippen LogP contribution in [0.5, 0.6) is 0 Å². The molecule has 2 aliphatic rings. The molecule has 2 amide bonds. The van der Waals surface area contributed by atoms with E-state index in [9.17, 15) is 18.0 Å². The van der Waals surface area contributed by atoms with Crippen LogP contribution in [-0.4, -0.2) is 62.8 Å². The van der Waals surface area contributed by atoms with E-state index in [0.717, 1.165) is 31.2 Å². The average Bonchev–Trinajstić information content (AvgIpc) is 3.27. The summed E-state index contributed by atoms with van der Waals surface area (Å²) in [6, 6.07) is 6.39. The van der Waals surface area contributed by atoms with E-state index >= 15 is 0 Å². The fourth-order valence-electron chi connectivity index (χ4n) is 3.88. The molecule has 1 aliphatic carbocycles. The molecule has 2 fully saturated rings. The van der Waals surface area contributed by atoms with Crippen molar-refractivity contribution in [3.05, 3.63) is 35.9 Å². The van der Waals surface area contributed by atoms with Crippen molar-refractivity contribution in [2.75, 3.05) is 32.7 Å². The van der Waals surface area contributed by atoms with Crippen LogP contribution < -0.4 is 4.72 Å². The van der Waals surface area contributed by atoms with Gasteiger partial charge in [0.05, 0.1) is 4.90 Å². The molecule has 1 saturated heterocycles. The predicted octanol–water partition coefficient (Wildman–Crippen LogP) is 1.86. The highest BCUT2D eigenvalue weighted by Crippen LogP contribution is 2.27. The van der Waals surface area contributed by atoms with Gasteiger partial charge in [0.15, 0.2) is 0 Å². The molecule has 0 atom stereocenters. The van der Waals surface area contributed by atoms with Gasteiger partial charge in [0.2, 0.25) is 21.8 Å². The van der Waals surface area contributed by atoms with E-state index in [4.69, 9.17) is 0 Å². The normalized spacial score (nSPS) is 18.5. The van der Waals surface area contributed by atoms with E-state index in [1.54, 1.807) is 30.0 Å². The number of rotatable bonds is 6. The molecule has 0 spiro atoms. The van der Waals surface area contributed by atoms with Crippen molar-refractivity contribution < 1.29 is 18.0 Å². The summed E-state index contributed by atoms with van der Waals surface area (Å²) in [4.78, 5) is 28.8. The molecule has 158 valence electrons. The van der Waals surface area contributed by atoms with Crippen LogP contribution in [0.25, 0.3) is 6.08 Å².